The van der Waals surface area contributed by atoms with Crippen LogP contribution in [0.3, 0.4) is 0 Å². The highest BCUT2D eigenvalue weighted by Gasteiger charge is 2.13. The van der Waals surface area contributed by atoms with Crippen molar-refractivity contribution in [3.8, 4) is 0 Å². The lowest BCUT2D eigenvalue weighted by Crippen LogP contribution is -2.36. The molecule has 1 saturated carbocycles. The van der Waals surface area contributed by atoms with Gasteiger partial charge >= 0.3 is 0 Å². The van der Waals surface area contributed by atoms with Crippen LogP contribution in [0.15, 0.2) is 11.8 Å². The van der Waals surface area contributed by atoms with E-state index in [0.717, 1.165) is 25.3 Å². The molecule has 0 heterocycles. The van der Waals surface area contributed by atoms with Gasteiger partial charge in [0.1, 0.15) is 0 Å². The Balaban J connectivity index is 2.36. The van der Waals surface area contributed by atoms with Crippen molar-refractivity contribution < 1.29 is 0 Å². The zero-order valence-corrected chi connectivity index (χ0v) is 10.2. The lowest BCUT2D eigenvalue weighted by molar-refractivity contribution is 0.311. The first-order valence-corrected chi connectivity index (χ1v) is 6.35. The molecule has 0 bridgehead atoms. The molecule has 1 fully saturated rings. The third-order valence-electron chi connectivity index (χ3n) is 3.15. The summed E-state index contributed by atoms with van der Waals surface area (Å²) in [6.07, 6.45) is 7.55. The third-order valence-corrected chi connectivity index (χ3v) is 3.15. The van der Waals surface area contributed by atoms with Crippen LogP contribution in [0.1, 0.15) is 25.7 Å². The van der Waals surface area contributed by atoms with Gasteiger partial charge in [-0.25, -0.2) is 0 Å². The predicted octanol–water partition coefficient (Wildman–Crippen LogP) is 0.239. The first-order chi connectivity index (χ1) is 7.76. The average Bonchev–Trinajstić information content (AvgIpc) is 2.71. The lowest BCUT2D eigenvalue weighted by Gasteiger charge is -2.21. The standard InChI is InChI=1S/C12H26N4/c13-5-7-16(8-6-14)10-12(15)9-11-3-1-2-4-11/h9,11H,1-8,10,13-15H2. The summed E-state index contributed by atoms with van der Waals surface area (Å²) in [6.45, 7) is 3.88. The topological polar surface area (TPSA) is 81.3 Å². The highest BCUT2D eigenvalue weighted by Crippen LogP contribution is 2.26. The largest absolute Gasteiger partial charge is 0.401 e. The zero-order chi connectivity index (χ0) is 11.8. The second-order valence-electron chi connectivity index (χ2n) is 4.64. The Morgan fingerprint density at radius 2 is 1.69 bits per heavy atom. The Bertz CT molecular complexity index is 203. The molecule has 4 nitrogen and oxygen atoms in total. The summed E-state index contributed by atoms with van der Waals surface area (Å²) in [6, 6.07) is 0. The third kappa shape index (κ3) is 4.96. The molecule has 0 aliphatic heterocycles. The molecular formula is C12H26N4. The van der Waals surface area contributed by atoms with Crippen molar-refractivity contribution in [1.29, 1.82) is 0 Å². The van der Waals surface area contributed by atoms with Gasteiger partial charge in [0.15, 0.2) is 0 Å². The van der Waals surface area contributed by atoms with Crippen molar-refractivity contribution in [2.75, 3.05) is 32.7 Å². The second-order valence-corrected chi connectivity index (χ2v) is 4.64. The van der Waals surface area contributed by atoms with Gasteiger partial charge in [-0.2, -0.15) is 0 Å². The van der Waals surface area contributed by atoms with Crippen LogP contribution in [-0.2, 0) is 0 Å². The summed E-state index contributed by atoms with van der Waals surface area (Å²) in [5.41, 5.74) is 18.1. The first-order valence-electron chi connectivity index (χ1n) is 6.35. The number of hydrogen-bond donors (Lipinski definition) is 3. The summed E-state index contributed by atoms with van der Waals surface area (Å²) in [5.74, 6) is 0.706. The quantitative estimate of drug-likeness (QED) is 0.581. The monoisotopic (exact) mass is 226 g/mol. The van der Waals surface area contributed by atoms with Crippen LogP contribution in [0.2, 0.25) is 0 Å². The van der Waals surface area contributed by atoms with E-state index in [0.29, 0.717) is 19.0 Å². The molecule has 1 aliphatic rings. The molecule has 0 aromatic rings. The summed E-state index contributed by atoms with van der Waals surface area (Å²) in [5, 5.41) is 0. The van der Waals surface area contributed by atoms with E-state index in [9.17, 15) is 0 Å². The zero-order valence-electron chi connectivity index (χ0n) is 10.2. The van der Waals surface area contributed by atoms with Crippen molar-refractivity contribution in [2.24, 2.45) is 23.1 Å². The Hall–Kier alpha value is -0.580. The summed E-state index contributed by atoms with van der Waals surface area (Å²) in [4.78, 5) is 2.22. The summed E-state index contributed by atoms with van der Waals surface area (Å²) < 4.78 is 0. The first kappa shape index (κ1) is 13.5. The fraction of sp³-hybridized carbons (Fsp3) is 0.833. The van der Waals surface area contributed by atoms with Gasteiger partial charge in [0.25, 0.3) is 0 Å². The van der Waals surface area contributed by atoms with E-state index in [-0.39, 0.29) is 0 Å². The van der Waals surface area contributed by atoms with Crippen LogP contribution >= 0.6 is 0 Å². The molecule has 4 heteroatoms. The summed E-state index contributed by atoms with van der Waals surface area (Å²) >= 11 is 0. The Morgan fingerprint density at radius 3 is 2.19 bits per heavy atom. The predicted molar refractivity (Wildman–Crippen MR) is 68.8 cm³/mol. The number of allylic oxidation sites excluding steroid dienone is 1. The Kier molecular flexibility index (Phi) is 6.45. The maximum Gasteiger partial charge on any atom is 0.0377 e. The van der Waals surface area contributed by atoms with Crippen molar-refractivity contribution >= 4 is 0 Å². The van der Waals surface area contributed by atoms with E-state index in [2.05, 4.69) is 11.0 Å². The van der Waals surface area contributed by atoms with Crippen LogP contribution in [0, 0.1) is 5.92 Å². The second kappa shape index (κ2) is 7.65. The molecule has 6 N–H and O–H groups in total. The van der Waals surface area contributed by atoms with Gasteiger partial charge in [0, 0.05) is 38.4 Å². The van der Waals surface area contributed by atoms with Gasteiger partial charge in [-0.05, 0) is 18.8 Å². The highest BCUT2D eigenvalue weighted by molar-refractivity contribution is 5.03. The van der Waals surface area contributed by atoms with Crippen molar-refractivity contribution in [2.45, 2.75) is 25.7 Å². The Morgan fingerprint density at radius 1 is 1.12 bits per heavy atom. The smallest absolute Gasteiger partial charge is 0.0377 e. The molecule has 1 rings (SSSR count). The van der Waals surface area contributed by atoms with Crippen LogP contribution in [0.5, 0.6) is 0 Å². The minimum Gasteiger partial charge on any atom is -0.401 e. The van der Waals surface area contributed by atoms with Crippen LogP contribution in [-0.4, -0.2) is 37.6 Å². The van der Waals surface area contributed by atoms with E-state index in [1.165, 1.54) is 25.7 Å². The normalized spacial score (nSPS) is 18.6. The van der Waals surface area contributed by atoms with Crippen molar-refractivity contribution in [1.82, 2.24) is 4.90 Å². The molecular weight excluding hydrogens is 200 g/mol. The molecule has 0 radical (unpaired) electrons. The molecule has 0 aromatic heterocycles. The SMILES string of the molecule is NCCN(CCN)CC(N)=CC1CCCC1. The number of hydrogen-bond acceptors (Lipinski definition) is 4. The van der Waals surface area contributed by atoms with E-state index in [1.54, 1.807) is 0 Å². The number of nitrogens with two attached hydrogens (primary N) is 3. The van der Waals surface area contributed by atoms with Crippen molar-refractivity contribution in [3.63, 3.8) is 0 Å². The van der Waals surface area contributed by atoms with Crippen molar-refractivity contribution in [3.05, 3.63) is 11.8 Å². The lowest BCUT2D eigenvalue weighted by atomic mass is 10.1. The molecule has 94 valence electrons. The minimum atomic E-state index is 0.663. The van der Waals surface area contributed by atoms with Crippen LogP contribution < -0.4 is 17.2 Å². The van der Waals surface area contributed by atoms with Crippen LogP contribution in [0.25, 0.3) is 0 Å². The van der Waals surface area contributed by atoms with E-state index >= 15 is 0 Å². The van der Waals surface area contributed by atoms with Gasteiger partial charge in [0.2, 0.25) is 0 Å². The molecule has 16 heavy (non-hydrogen) atoms. The molecule has 0 unspecified atom stereocenters. The minimum absolute atomic E-state index is 0.663. The van der Waals surface area contributed by atoms with Gasteiger partial charge in [-0.1, -0.05) is 18.9 Å². The number of nitrogens with zero attached hydrogens (tertiary/aromatic N) is 1. The molecule has 0 saturated heterocycles. The highest BCUT2D eigenvalue weighted by atomic mass is 15.1. The number of rotatable bonds is 7. The van der Waals surface area contributed by atoms with E-state index < -0.39 is 0 Å². The summed E-state index contributed by atoms with van der Waals surface area (Å²) in [7, 11) is 0. The van der Waals surface area contributed by atoms with Gasteiger partial charge in [0.05, 0.1) is 0 Å². The fourth-order valence-corrected chi connectivity index (χ4v) is 2.37. The average molecular weight is 226 g/mol. The Labute approximate surface area is 98.8 Å². The van der Waals surface area contributed by atoms with Gasteiger partial charge < -0.3 is 17.2 Å². The molecule has 1 aliphatic carbocycles. The molecule has 0 aromatic carbocycles. The molecule has 0 spiro atoms. The maximum atomic E-state index is 6.05. The molecule has 0 atom stereocenters. The maximum absolute atomic E-state index is 6.05. The molecule has 0 amide bonds. The van der Waals surface area contributed by atoms with E-state index in [1.807, 2.05) is 0 Å². The fourth-order valence-electron chi connectivity index (χ4n) is 2.37. The van der Waals surface area contributed by atoms with E-state index in [4.69, 9.17) is 17.2 Å². The van der Waals surface area contributed by atoms with Crippen LogP contribution in [0.4, 0.5) is 0 Å². The van der Waals surface area contributed by atoms with Gasteiger partial charge in [-0.3, -0.25) is 4.90 Å². The van der Waals surface area contributed by atoms with Gasteiger partial charge in [-0.15, -0.1) is 0 Å².